The Morgan fingerprint density at radius 1 is 1.24 bits per heavy atom. The number of aliphatic hydroxyl groups is 1. The summed E-state index contributed by atoms with van der Waals surface area (Å²) in [6.45, 7) is 3.26. The molecule has 3 heteroatoms. The van der Waals surface area contributed by atoms with E-state index in [-0.39, 0.29) is 18.5 Å². The number of benzene rings is 1. The van der Waals surface area contributed by atoms with Gasteiger partial charge in [-0.3, -0.25) is 0 Å². The van der Waals surface area contributed by atoms with Gasteiger partial charge in [0.2, 0.25) is 0 Å². The molecule has 1 aromatic rings. The molecule has 0 heterocycles. The van der Waals surface area contributed by atoms with Crippen LogP contribution < -0.4 is 5.32 Å². The van der Waals surface area contributed by atoms with Gasteiger partial charge in [-0.2, -0.15) is 0 Å². The fourth-order valence-electron chi connectivity index (χ4n) is 1.80. The number of halogens is 1. The summed E-state index contributed by atoms with van der Waals surface area (Å²) >= 11 is 0. The van der Waals surface area contributed by atoms with Crippen LogP contribution in [0.4, 0.5) is 4.39 Å². The Hall–Kier alpha value is -0.930. The summed E-state index contributed by atoms with van der Waals surface area (Å²) in [4.78, 5) is 0. The Morgan fingerprint density at radius 3 is 2.71 bits per heavy atom. The van der Waals surface area contributed by atoms with Crippen LogP contribution in [0.1, 0.15) is 44.2 Å². The highest BCUT2D eigenvalue weighted by atomic mass is 19.1. The van der Waals surface area contributed by atoms with E-state index in [0.29, 0.717) is 0 Å². The molecule has 0 amide bonds. The molecule has 0 saturated heterocycles. The van der Waals surface area contributed by atoms with Gasteiger partial charge < -0.3 is 10.4 Å². The number of hydrogen-bond acceptors (Lipinski definition) is 2. The molecule has 0 bridgehead atoms. The molecule has 2 nitrogen and oxygen atoms in total. The fraction of sp³-hybridized carbons (Fsp3) is 0.571. The lowest BCUT2D eigenvalue weighted by atomic mass is 10.1. The van der Waals surface area contributed by atoms with Crippen LogP contribution in [0.5, 0.6) is 0 Å². The zero-order valence-electron chi connectivity index (χ0n) is 10.5. The van der Waals surface area contributed by atoms with Crippen LogP contribution >= 0.6 is 0 Å². The minimum absolute atomic E-state index is 0.181. The third-order valence-electron chi connectivity index (χ3n) is 2.88. The standard InChI is InChI=1S/C14H22FNO/c1-12(13-7-6-8-14(15)11-13)16-9-4-2-3-5-10-17/h6-8,11-12,16-17H,2-5,9-10H2,1H3. The van der Waals surface area contributed by atoms with Gasteiger partial charge in [0.15, 0.2) is 0 Å². The van der Waals surface area contributed by atoms with Gasteiger partial charge in [-0.1, -0.05) is 25.0 Å². The summed E-state index contributed by atoms with van der Waals surface area (Å²) in [6, 6.07) is 6.90. The van der Waals surface area contributed by atoms with Crippen LogP contribution in [0, 0.1) is 5.82 Å². The van der Waals surface area contributed by atoms with Crippen LogP contribution in [0.2, 0.25) is 0 Å². The predicted octanol–water partition coefficient (Wildman–Crippen LogP) is 3.03. The maximum Gasteiger partial charge on any atom is 0.123 e. The molecule has 0 aromatic heterocycles. The number of rotatable bonds is 8. The molecule has 0 aliphatic heterocycles. The van der Waals surface area contributed by atoms with E-state index in [9.17, 15) is 4.39 Å². The fourth-order valence-corrected chi connectivity index (χ4v) is 1.80. The molecule has 96 valence electrons. The monoisotopic (exact) mass is 239 g/mol. The van der Waals surface area contributed by atoms with Crippen LogP contribution in [0.3, 0.4) is 0 Å². The van der Waals surface area contributed by atoms with E-state index in [0.717, 1.165) is 37.8 Å². The van der Waals surface area contributed by atoms with Crippen molar-refractivity contribution in [3.63, 3.8) is 0 Å². The van der Waals surface area contributed by atoms with Crippen molar-refractivity contribution in [2.24, 2.45) is 0 Å². The molecule has 2 N–H and O–H groups in total. The summed E-state index contributed by atoms with van der Waals surface area (Å²) in [5.74, 6) is -0.181. The Bertz CT molecular complexity index is 317. The largest absolute Gasteiger partial charge is 0.396 e. The third-order valence-corrected chi connectivity index (χ3v) is 2.88. The second kappa shape index (κ2) is 8.20. The summed E-state index contributed by atoms with van der Waals surface area (Å²) < 4.78 is 13.0. The van der Waals surface area contributed by atoms with Crippen LogP contribution in [0.15, 0.2) is 24.3 Å². The maximum atomic E-state index is 13.0. The van der Waals surface area contributed by atoms with Crippen molar-refractivity contribution < 1.29 is 9.50 Å². The molecule has 1 aromatic carbocycles. The van der Waals surface area contributed by atoms with E-state index >= 15 is 0 Å². The SMILES string of the molecule is CC(NCCCCCCO)c1cccc(F)c1. The molecule has 0 saturated carbocycles. The van der Waals surface area contributed by atoms with Crippen molar-refractivity contribution in [3.8, 4) is 0 Å². The highest BCUT2D eigenvalue weighted by molar-refractivity contribution is 5.19. The van der Waals surface area contributed by atoms with Crippen molar-refractivity contribution in [3.05, 3.63) is 35.6 Å². The van der Waals surface area contributed by atoms with Crippen LogP contribution in [-0.4, -0.2) is 18.3 Å². The molecule has 0 fully saturated rings. The summed E-state index contributed by atoms with van der Waals surface area (Å²) in [5, 5.41) is 12.0. The number of nitrogens with one attached hydrogen (secondary N) is 1. The first-order valence-electron chi connectivity index (χ1n) is 6.33. The van der Waals surface area contributed by atoms with E-state index in [4.69, 9.17) is 5.11 Å². The second-order valence-corrected chi connectivity index (χ2v) is 4.37. The Balaban J connectivity index is 2.19. The highest BCUT2D eigenvalue weighted by Crippen LogP contribution is 2.13. The summed E-state index contributed by atoms with van der Waals surface area (Å²) in [7, 11) is 0. The van der Waals surface area contributed by atoms with E-state index in [2.05, 4.69) is 5.32 Å². The normalized spacial score (nSPS) is 12.6. The quantitative estimate of drug-likeness (QED) is 0.683. The van der Waals surface area contributed by atoms with Gasteiger partial charge in [0.1, 0.15) is 5.82 Å². The molecular weight excluding hydrogens is 217 g/mol. The lowest BCUT2D eigenvalue weighted by Gasteiger charge is -2.14. The second-order valence-electron chi connectivity index (χ2n) is 4.37. The van der Waals surface area contributed by atoms with Crippen LogP contribution in [0.25, 0.3) is 0 Å². The molecule has 0 radical (unpaired) electrons. The number of hydrogen-bond donors (Lipinski definition) is 2. The number of aliphatic hydroxyl groups excluding tert-OH is 1. The Kier molecular flexibility index (Phi) is 6.82. The lowest BCUT2D eigenvalue weighted by Crippen LogP contribution is -2.19. The topological polar surface area (TPSA) is 32.3 Å². The zero-order chi connectivity index (χ0) is 12.5. The number of unbranched alkanes of at least 4 members (excludes halogenated alkanes) is 3. The first-order valence-corrected chi connectivity index (χ1v) is 6.33. The average Bonchev–Trinajstić information content (AvgIpc) is 2.33. The van der Waals surface area contributed by atoms with Gasteiger partial charge in [-0.25, -0.2) is 4.39 Å². The van der Waals surface area contributed by atoms with Gasteiger partial charge >= 0.3 is 0 Å². The average molecular weight is 239 g/mol. The molecule has 17 heavy (non-hydrogen) atoms. The molecule has 1 unspecified atom stereocenters. The predicted molar refractivity (Wildman–Crippen MR) is 68.4 cm³/mol. The minimum Gasteiger partial charge on any atom is -0.396 e. The molecule has 1 atom stereocenters. The minimum atomic E-state index is -0.181. The van der Waals surface area contributed by atoms with E-state index < -0.39 is 0 Å². The van der Waals surface area contributed by atoms with Gasteiger partial charge in [0, 0.05) is 12.6 Å². The first kappa shape index (κ1) is 14.1. The molecule has 1 rings (SSSR count). The van der Waals surface area contributed by atoms with Gasteiger partial charge in [-0.05, 0) is 44.0 Å². The van der Waals surface area contributed by atoms with Crippen molar-refractivity contribution in [1.29, 1.82) is 0 Å². The van der Waals surface area contributed by atoms with E-state index in [1.54, 1.807) is 12.1 Å². The zero-order valence-corrected chi connectivity index (χ0v) is 10.5. The summed E-state index contributed by atoms with van der Waals surface area (Å²) in [5.41, 5.74) is 0.986. The molecule has 0 aliphatic carbocycles. The maximum absolute atomic E-state index is 13.0. The summed E-state index contributed by atoms with van der Waals surface area (Å²) in [6.07, 6.45) is 4.19. The van der Waals surface area contributed by atoms with Crippen molar-refractivity contribution in [1.82, 2.24) is 5.32 Å². The smallest absolute Gasteiger partial charge is 0.123 e. The van der Waals surface area contributed by atoms with E-state index in [1.807, 2.05) is 13.0 Å². The highest BCUT2D eigenvalue weighted by Gasteiger charge is 2.04. The van der Waals surface area contributed by atoms with Crippen molar-refractivity contribution >= 4 is 0 Å². The van der Waals surface area contributed by atoms with Crippen LogP contribution in [-0.2, 0) is 0 Å². The van der Waals surface area contributed by atoms with Crippen molar-refractivity contribution in [2.45, 2.75) is 38.6 Å². The third kappa shape index (κ3) is 5.80. The lowest BCUT2D eigenvalue weighted by molar-refractivity contribution is 0.282. The first-order chi connectivity index (χ1) is 8.24. The molecular formula is C14H22FNO. The van der Waals surface area contributed by atoms with Gasteiger partial charge in [0.05, 0.1) is 0 Å². The molecule has 0 spiro atoms. The molecule has 0 aliphatic rings. The van der Waals surface area contributed by atoms with E-state index in [1.165, 1.54) is 6.07 Å². The van der Waals surface area contributed by atoms with Gasteiger partial charge in [0.25, 0.3) is 0 Å². The van der Waals surface area contributed by atoms with Gasteiger partial charge in [-0.15, -0.1) is 0 Å². The Labute approximate surface area is 103 Å². The Morgan fingerprint density at radius 2 is 2.00 bits per heavy atom. The van der Waals surface area contributed by atoms with Crippen molar-refractivity contribution in [2.75, 3.05) is 13.2 Å².